The van der Waals surface area contributed by atoms with Gasteiger partial charge < -0.3 is 4.90 Å². The Morgan fingerprint density at radius 3 is 2.81 bits per heavy atom. The third-order valence-corrected chi connectivity index (χ3v) is 2.96. The van der Waals surface area contributed by atoms with Crippen molar-refractivity contribution in [2.45, 2.75) is 13.3 Å². The highest BCUT2D eigenvalue weighted by molar-refractivity contribution is 9.10. The Morgan fingerprint density at radius 2 is 2.31 bits per heavy atom. The zero-order chi connectivity index (χ0) is 12.0. The van der Waals surface area contributed by atoms with Gasteiger partial charge in [-0.2, -0.15) is 5.26 Å². The summed E-state index contributed by atoms with van der Waals surface area (Å²) in [4.78, 5) is 12.7. The third-order valence-electron chi connectivity index (χ3n) is 2.32. The minimum atomic E-state index is 0.496. The molecule has 0 atom stereocenters. The van der Waals surface area contributed by atoms with Crippen LogP contribution in [0.1, 0.15) is 23.7 Å². The Kier molecular flexibility index (Phi) is 5.00. The van der Waals surface area contributed by atoms with E-state index in [0.717, 1.165) is 23.0 Å². The van der Waals surface area contributed by atoms with E-state index in [9.17, 15) is 4.79 Å². The molecule has 0 aliphatic carbocycles. The third kappa shape index (κ3) is 3.07. The summed E-state index contributed by atoms with van der Waals surface area (Å²) in [6.07, 6.45) is 1.32. The van der Waals surface area contributed by atoms with Crippen LogP contribution < -0.4 is 4.90 Å². The maximum Gasteiger partial charge on any atom is 0.150 e. The maximum atomic E-state index is 10.6. The molecular weight excluding hydrogens is 268 g/mol. The summed E-state index contributed by atoms with van der Waals surface area (Å²) < 4.78 is 0.886. The van der Waals surface area contributed by atoms with Crippen LogP contribution in [0, 0.1) is 11.3 Å². The van der Waals surface area contributed by atoms with Crippen molar-refractivity contribution >= 4 is 27.9 Å². The highest BCUT2D eigenvalue weighted by Crippen LogP contribution is 2.27. The summed E-state index contributed by atoms with van der Waals surface area (Å²) in [7, 11) is 0. The molecule has 0 bridgehead atoms. The van der Waals surface area contributed by atoms with Crippen molar-refractivity contribution in [3.8, 4) is 6.07 Å². The van der Waals surface area contributed by atoms with E-state index in [-0.39, 0.29) is 0 Å². The molecule has 0 radical (unpaired) electrons. The number of carbonyl (C=O) groups excluding carboxylic acids is 1. The summed E-state index contributed by atoms with van der Waals surface area (Å²) >= 11 is 3.44. The fourth-order valence-electron chi connectivity index (χ4n) is 1.49. The average molecular weight is 281 g/mol. The van der Waals surface area contributed by atoms with E-state index in [1.165, 1.54) is 0 Å². The van der Waals surface area contributed by atoms with Gasteiger partial charge in [-0.1, -0.05) is 0 Å². The Bertz CT molecular complexity index is 412. The van der Waals surface area contributed by atoms with Gasteiger partial charge >= 0.3 is 0 Å². The highest BCUT2D eigenvalue weighted by Gasteiger charge is 2.08. The number of carbonyl (C=O) groups is 1. The zero-order valence-electron chi connectivity index (χ0n) is 9.11. The molecule has 3 nitrogen and oxygen atoms in total. The summed E-state index contributed by atoms with van der Waals surface area (Å²) in [5.41, 5.74) is 1.66. The molecule has 84 valence electrons. The second-order valence-corrected chi connectivity index (χ2v) is 4.17. The zero-order valence-corrected chi connectivity index (χ0v) is 10.7. The van der Waals surface area contributed by atoms with Crippen molar-refractivity contribution in [1.29, 1.82) is 5.26 Å². The van der Waals surface area contributed by atoms with Gasteiger partial charge in [-0.3, -0.25) is 4.79 Å². The number of hydrogen-bond donors (Lipinski definition) is 0. The summed E-state index contributed by atoms with van der Waals surface area (Å²) in [6, 6.07) is 7.60. The molecule has 0 aliphatic rings. The molecule has 0 N–H and O–H groups in total. The molecule has 0 aliphatic heterocycles. The van der Waals surface area contributed by atoms with E-state index in [0.29, 0.717) is 18.5 Å². The molecule has 4 heteroatoms. The van der Waals surface area contributed by atoms with Crippen molar-refractivity contribution < 1.29 is 4.79 Å². The first-order valence-corrected chi connectivity index (χ1v) is 5.88. The van der Waals surface area contributed by atoms with Crippen LogP contribution >= 0.6 is 15.9 Å². The number of anilines is 1. The van der Waals surface area contributed by atoms with Crippen LogP contribution in [0.4, 0.5) is 5.69 Å². The number of hydrogen-bond acceptors (Lipinski definition) is 3. The summed E-state index contributed by atoms with van der Waals surface area (Å²) in [6.45, 7) is 3.57. The van der Waals surface area contributed by atoms with Crippen molar-refractivity contribution in [1.82, 2.24) is 0 Å². The van der Waals surface area contributed by atoms with Crippen LogP contribution in [-0.4, -0.2) is 19.4 Å². The SMILES string of the molecule is CCN(CCC#N)c1ccc(C=O)cc1Br. The fraction of sp³-hybridized carbons (Fsp3) is 0.333. The van der Waals surface area contributed by atoms with Crippen molar-refractivity contribution in [2.75, 3.05) is 18.0 Å². The smallest absolute Gasteiger partial charge is 0.150 e. The lowest BCUT2D eigenvalue weighted by Crippen LogP contribution is -2.24. The number of halogens is 1. The van der Waals surface area contributed by atoms with Crippen LogP contribution in [0.25, 0.3) is 0 Å². The highest BCUT2D eigenvalue weighted by atomic mass is 79.9. The Labute approximate surface area is 104 Å². The van der Waals surface area contributed by atoms with E-state index in [2.05, 4.69) is 26.9 Å². The summed E-state index contributed by atoms with van der Waals surface area (Å²) in [5, 5.41) is 8.57. The lowest BCUT2D eigenvalue weighted by atomic mass is 10.2. The molecule has 0 unspecified atom stereocenters. The molecule has 1 aromatic rings. The molecule has 0 saturated carbocycles. The molecule has 0 aromatic heterocycles. The number of aldehydes is 1. The Hall–Kier alpha value is -1.34. The largest absolute Gasteiger partial charge is 0.370 e. The maximum absolute atomic E-state index is 10.6. The van der Waals surface area contributed by atoms with Crippen molar-refractivity contribution in [3.63, 3.8) is 0 Å². The van der Waals surface area contributed by atoms with Gasteiger partial charge in [0.25, 0.3) is 0 Å². The van der Waals surface area contributed by atoms with Crippen LogP contribution in [0.3, 0.4) is 0 Å². The minimum absolute atomic E-state index is 0.496. The van der Waals surface area contributed by atoms with Crippen molar-refractivity contribution in [3.05, 3.63) is 28.2 Å². The molecule has 0 fully saturated rings. The molecule has 0 heterocycles. The van der Waals surface area contributed by atoms with E-state index in [1.807, 2.05) is 13.0 Å². The Balaban J connectivity index is 2.93. The second-order valence-electron chi connectivity index (χ2n) is 3.32. The number of benzene rings is 1. The first kappa shape index (κ1) is 12.7. The van der Waals surface area contributed by atoms with E-state index < -0.39 is 0 Å². The van der Waals surface area contributed by atoms with E-state index in [4.69, 9.17) is 5.26 Å². The first-order chi connectivity index (χ1) is 7.72. The van der Waals surface area contributed by atoms with Gasteiger partial charge in [0.05, 0.1) is 18.2 Å². The van der Waals surface area contributed by atoms with Gasteiger partial charge in [0.15, 0.2) is 0 Å². The quantitative estimate of drug-likeness (QED) is 0.779. The van der Waals surface area contributed by atoms with Gasteiger partial charge in [-0.25, -0.2) is 0 Å². The lowest BCUT2D eigenvalue weighted by Gasteiger charge is -2.23. The number of rotatable bonds is 5. The molecule has 0 saturated heterocycles. The van der Waals surface area contributed by atoms with Gasteiger partial charge in [-0.15, -0.1) is 0 Å². The van der Waals surface area contributed by atoms with Crippen LogP contribution in [0.2, 0.25) is 0 Å². The summed E-state index contributed by atoms with van der Waals surface area (Å²) in [5.74, 6) is 0. The van der Waals surface area contributed by atoms with Gasteiger partial charge in [-0.05, 0) is 41.1 Å². The van der Waals surface area contributed by atoms with Gasteiger partial charge in [0.2, 0.25) is 0 Å². The number of nitriles is 1. The number of nitrogens with zero attached hydrogens (tertiary/aromatic N) is 2. The predicted molar refractivity (Wildman–Crippen MR) is 67.6 cm³/mol. The molecule has 0 amide bonds. The predicted octanol–water partition coefficient (Wildman–Crippen LogP) is 3.00. The lowest BCUT2D eigenvalue weighted by molar-refractivity contribution is 0.112. The standard InChI is InChI=1S/C12H13BrN2O/c1-2-15(7-3-6-14)12-5-4-10(9-16)8-11(12)13/h4-5,8-9H,2-3,7H2,1H3. The minimum Gasteiger partial charge on any atom is -0.370 e. The van der Waals surface area contributed by atoms with E-state index >= 15 is 0 Å². The average Bonchev–Trinajstić information content (AvgIpc) is 2.31. The Morgan fingerprint density at radius 1 is 1.56 bits per heavy atom. The second kappa shape index (κ2) is 6.29. The topological polar surface area (TPSA) is 44.1 Å². The molecule has 0 spiro atoms. The molecular formula is C12H13BrN2O. The molecule has 1 aromatic carbocycles. The van der Waals surface area contributed by atoms with Gasteiger partial charge in [0.1, 0.15) is 6.29 Å². The first-order valence-electron chi connectivity index (χ1n) is 5.09. The van der Waals surface area contributed by atoms with Crippen LogP contribution in [-0.2, 0) is 0 Å². The van der Waals surface area contributed by atoms with Crippen LogP contribution in [0.5, 0.6) is 0 Å². The van der Waals surface area contributed by atoms with E-state index in [1.54, 1.807) is 12.1 Å². The van der Waals surface area contributed by atoms with Crippen LogP contribution in [0.15, 0.2) is 22.7 Å². The monoisotopic (exact) mass is 280 g/mol. The van der Waals surface area contributed by atoms with Gasteiger partial charge in [0, 0.05) is 23.1 Å². The van der Waals surface area contributed by atoms with Crippen molar-refractivity contribution in [2.24, 2.45) is 0 Å². The molecule has 1 rings (SSSR count). The normalized spacial score (nSPS) is 9.56. The fourth-order valence-corrected chi connectivity index (χ4v) is 2.13. The molecule has 16 heavy (non-hydrogen) atoms.